The fourth-order valence-electron chi connectivity index (χ4n) is 2.82. The summed E-state index contributed by atoms with van der Waals surface area (Å²) in [5.41, 5.74) is 1.09. The SMILES string of the molecule is CCN(Cc1cccc(F)c1)C1CCCCC1. The van der Waals surface area contributed by atoms with Gasteiger partial charge in [-0.25, -0.2) is 4.39 Å². The van der Waals surface area contributed by atoms with E-state index in [2.05, 4.69) is 11.8 Å². The van der Waals surface area contributed by atoms with Gasteiger partial charge in [-0.05, 0) is 37.1 Å². The fourth-order valence-corrected chi connectivity index (χ4v) is 2.82. The fraction of sp³-hybridized carbons (Fsp3) is 0.600. The van der Waals surface area contributed by atoms with Gasteiger partial charge >= 0.3 is 0 Å². The lowest BCUT2D eigenvalue weighted by molar-refractivity contribution is 0.156. The second-order valence-corrected chi connectivity index (χ2v) is 4.98. The molecule has 0 aromatic heterocycles. The molecule has 1 saturated carbocycles. The minimum absolute atomic E-state index is 0.123. The topological polar surface area (TPSA) is 3.24 Å². The molecule has 2 rings (SSSR count). The van der Waals surface area contributed by atoms with Crippen LogP contribution in [-0.2, 0) is 6.54 Å². The maximum absolute atomic E-state index is 13.1. The molecule has 1 aliphatic carbocycles. The molecule has 0 N–H and O–H groups in total. The molecule has 0 radical (unpaired) electrons. The van der Waals surface area contributed by atoms with E-state index in [-0.39, 0.29) is 5.82 Å². The third-order valence-electron chi connectivity index (χ3n) is 3.77. The number of hydrogen-bond donors (Lipinski definition) is 0. The summed E-state index contributed by atoms with van der Waals surface area (Å²) in [6.45, 7) is 4.15. The summed E-state index contributed by atoms with van der Waals surface area (Å²) >= 11 is 0. The van der Waals surface area contributed by atoms with Crippen LogP contribution in [0.3, 0.4) is 0 Å². The van der Waals surface area contributed by atoms with Crippen molar-refractivity contribution in [2.24, 2.45) is 0 Å². The van der Waals surface area contributed by atoms with Gasteiger partial charge in [0.25, 0.3) is 0 Å². The van der Waals surface area contributed by atoms with Gasteiger partial charge in [-0.3, -0.25) is 4.90 Å². The molecule has 0 unspecified atom stereocenters. The molecule has 0 aliphatic heterocycles. The molecule has 94 valence electrons. The van der Waals surface area contributed by atoms with Crippen LogP contribution in [0.2, 0.25) is 0 Å². The predicted octanol–water partition coefficient (Wildman–Crippen LogP) is 3.98. The van der Waals surface area contributed by atoms with Gasteiger partial charge in [-0.15, -0.1) is 0 Å². The Hall–Kier alpha value is -0.890. The van der Waals surface area contributed by atoms with E-state index in [1.165, 1.54) is 38.2 Å². The summed E-state index contributed by atoms with van der Waals surface area (Å²) in [5, 5.41) is 0. The highest BCUT2D eigenvalue weighted by Gasteiger charge is 2.19. The minimum Gasteiger partial charge on any atom is -0.296 e. The third kappa shape index (κ3) is 3.53. The molecule has 1 aromatic carbocycles. The van der Waals surface area contributed by atoms with Crippen LogP contribution in [0.15, 0.2) is 24.3 Å². The van der Waals surface area contributed by atoms with E-state index >= 15 is 0 Å². The smallest absolute Gasteiger partial charge is 0.123 e. The molecule has 0 amide bonds. The predicted molar refractivity (Wildman–Crippen MR) is 69.4 cm³/mol. The highest BCUT2D eigenvalue weighted by molar-refractivity contribution is 5.16. The van der Waals surface area contributed by atoms with Crippen molar-refractivity contribution in [3.05, 3.63) is 35.6 Å². The lowest BCUT2D eigenvalue weighted by Crippen LogP contribution is -2.36. The summed E-state index contributed by atoms with van der Waals surface area (Å²) in [6, 6.07) is 7.71. The Morgan fingerprint density at radius 3 is 2.65 bits per heavy atom. The first-order valence-corrected chi connectivity index (χ1v) is 6.78. The first-order valence-electron chi connectivity index (χ1n) is 6.78. The van der Waals surface area contributed by atoms with Crippen molar-refractivity contribution >= 4 is 0 Å². The van der Waals surface area contributed by atoms with Crippen LogP contribution < -0.4 is 0 Å². The van der Waals surface area contributed by atoms with Crippen LogP contribution in [-0.4, -0.2) is 17.5 Å². The maximum atomic E-state index is 13.1. The highest BCUT2D eigenvalue weighted by atomic mass is 19.1. The molecule has 0 atom stereocenters. The molecular weight excluding hydrogens is 213 g/mol. The monoisotopic (exact) mass is 235 g/mol. The molecule has 0 spiro atoms. The average Bonchev–Trinajstić information content (AvgIpc) is 2.37. The van der Waals surface area contributed by atoms with Crippen LogP contribution in [0.1, 0.15) is 44.6 Å². The van der Waals surface area contributed by atoms with Gasteiger partial charge in [0.05, 0.1) is 0 Å². The van der Waals surface area contributed by atoms with Gasteiger partial charge < -0.3 is 0 Å². The van der Waals surface area contributed by atoms with Crippen LogP contribution >= 0.6 is 0 Å². The lowest BCUT2D eigenvalue weighted by Gasteiger charge is -2.33. The second kappa shape index (κ2) is 6.15. The Kier molecular flexibility index (Phi) is 4.55. The number of halogens is 1. The molecule has 1 aromatic rings. The first-order chi connectivity index (χ1) is 8.29. The number of nitrogens with zero attached hydrogens (tertiary/aromatic N) is 1. The van der Waals surface area contributed by atoms with Gasteiger partial charge in [-0.1, -0.05) is 38.3 Å². The van der Waals surface area contributed by atoms with Gasteiger partial charge in [0.2, 0.25) is 0 Å². The molecule has 1 aliphatic rings. The van der Waals surface area contributed by atoms with E-state index in [0.717, 1.165) is 18.7 Å². The molecule has 0 heterocycles. The van der Waals surface area contributed by atoms with Crippen LogP contribution in [0.4, 0.5) is 4.39 Å². The summed E-state index contributed by atoms with van der Waals surface area (Å²) < 4.78 is 13.1. The third-order valence-corrected chi connectivity index (χ3v) is 3.77. The molecule has 0 bridgehead atoms. The molecule has 1 fully saturated rings. The van der Waals surface area contributed by atoms with E-state index < -0.39 is 0 Å². The lowest BCUT2D eigenvalue weighted by atomic mass is 9.94. The summed E-state index contributed by atoms with van der Waals surface area (Å²) in [6.07, 6.45) is 6.70. The van der Waals surface area contributed by atoms with Crippen LogP contribution in [0, 0.1) is 5.82 Å². The van der Waals surface area contributed by atoms with Crippen molar-refractivity contribution in [2.75, 3.05) is 6.54 Å². The normalized spacial score (nSPS) is 17.6. The zero-order valence-corrected chi connectivity index (χ0v) is 10.7. The van der Waals surface area contributed by atoms with Crippen molar-refractivity contribution in [2.45, 2.75) is 51.6 Å². The number of benzene rings is 1. The molecule has 17 heavy (non-hydrogen) atoms. The second-order valence-electron chi connectivity index (χ2n) is 4.98. The number of hydrogen-bond acceptors (Lipinski definition) is 1. The molecular formula is C15H22FN. The summed E-state index contributed by atoms with van der Waals surface area (Å²) in [4.78, 5) is 2.49. The molecule has 1 nitrogen and oxygen atoms in total. The quantitative estimate of drug-likeness (QED) is 0.763. The van der Waals surface area contributed by atoms with E-state index in [1.807, 2.05) is 6.07 Å². The molecule has 2 heteroatoms. The van der Waals surface area contributed by atoms with Crippen LogP contribution in [0.25, 0.3) is 0 Å². The maximum Gasteiger partial charge on any atom is 0.123 e. The van der Waals surface area contributed by atoms with Crippen molar-refractivity contribution in [3.63, 3.8) is 0 Å². The van der Waals surface area contributed by atoms with E-state index in [9.17, 15) is 4.39 Å². The Morgan fingerprint density at radius 1 is 1.24 bits per heavy atom. The van der Waals surface area contributed by atoms with Crippen molar-refractivity contribution in [1.29, 1.82) is 0 Å². The minimum atomic E-state index is -0.123. The summed E-state index contributed by atoms with van der Waals surface area (Å²) in [5.74, 6) is -0.123. The largest absolute Gasteiger partial charge is 0.296 e. The Balaban J connectivity index is 1.98. The van der Waals surface area contributed by atoms with E-state index in [1.54, 1.807) is 12.1 Å². The van der Waals surface area contributed by atoms with Gasteiger partial charge in [-0.2, -0.15) is 0 Å². The standard InChI is InChI=1S/C15H22FN/c1-2-17(15-9-4-3-5-10-15)12-13-7-6-8-14(16)11-13/h6-8,11,15H,2-5,9-10,12H2,1H3. The van der Waals surface area contributed by atoms with E-state index in [4.69, 9.17) is 0 Å². The average molecular weight is 235 g/mol. The van der Waals surface area contributed by atoms with Gasteiger partial charge in [0.15, 0.2) is 0 Å². The Morgan fingerprint density at radius 2 is 2.00 bits per heavy atom. The van der Waals surface area contributed by atoms with Gasteiger partial charge in [0.1, 0.15) is 5.82 Å². The van der Waals surface area contributed by atoms with Crippen molar-refractivity contribution in [3.8, 4) is 0 Å². The van der Waals surface area contributed by atoms with Crippen molar-refractivity contribution < 1.29 is 4.39 Å². The van der Waals surface area contributed by atoms with Gasteiger partial charge in [0, 0.05) is 12.6 Å². The van der Waals surface area contributed by atoms with E-state index in [0.29, 0.717) is 6.04 Å². The van der Waals surface area contributed by atoms with Crippen molar-refractivity contribution in [1.82, 2.24) is 4.90 Å². The Bertz CT molecular complexity index is 345. The zero-order valence-electron chi connectivity index (χ0n) is 10.7. The first kappa shape index (κ1) is 12.6. The summed E-state index contributed by atoms with van der Waals surface area (Å²) in [7, 11) is 0. The number of rotatable bonds is 4. The van der Waals surface area contributed by atoms with Crippen LogP contribution in [0.5, 0.6) is 0 Å². The Labute approximate surface area is 104 Å². The zero-order chi connectivity index (χ0) is 12.1. The molecule has 0 saturated heterocycles. The highest BCUT2D eigenvalue weighted by Crippen LogP contribution is 2.23.